The largest absolute Gasteiger partial charge is 0.353 e. The van der Waals surface area contributed by atoms with E-state index in [0.29, 0.717) is 0 Å². The maximum Gasteiger partial charge on any atom is 0.225 e. The average molecular weight is 221 g/mol. The first-order valence-electron chi connectivity index (χ1n) is 5.29. The molecule has 1 aromatic carbocycles. The van der Waals surface area contributed by atoms with Crippen LogP contribution in [-0.2, 0) is 4.79 Å². The van der Waals surface area contributed by atoms with Crippen molar-refractivity contribution in [1.29, 1.82) is 0 Å². The number of benzene rings is 1. The molecule has 0 atom stereocenters. The molecule has 3 aromatic rings. The summed E-state index contributed by atoms with van der Waals surface area (Å²) in [5, 5.41) is 2.27. The van der Waals surface area contributed by atoms with E-state index in [1.165, 1.54) is 6.08 Å². The number of allylic oxidation sites excluding steroid dienone is 1. The van der Waals surface area contributed by atoms with Gasteiger partial charge < -0.3 is 4.98 Å². The zero-order valence-corrected chi connectivity index (χ0v) is 8.97. The van der Waals surface area contributed by atoms with E-state index in [1.807, 2.05) is 24.3 Å². The van der Waals surface area contributed by atoms with E-state index >= 15 is 0 Å². The van der Waals surface area contributed by atoms with Gasteiger partial charge in [-0.3, -0.25) is 9.78 Å². The van der Waals surface area contributed by atoms with Crippen LogP contribution in [0.15, 0.2) is 42.6 Å². The molecule has 0 aliphatic rings. The highest BCUT2D eigenvalue weighted by molar-refractivity contribution is 6.07. The lowest BCUT2D eigenvalue weighted by Crippen LogP contribution is -1.79. The van der Waals surface area contributed by atoms with Gasteiger partial charge >= 0.3 is 0 Å². The highest BCUT2D eigenvalue weighted by Gasteiger charge is 2.03. The maximum atomic E-state index is 10.2. The topological polar surface area (TPSA) is 45.8 Å². The van der Waals surface area contributed by atoms with Crippen LogP contribution in [0.2, 0.25) is 0 Å². The maximum absolute atomic E-state index is 10.2. The Balaban J connectivity index is 2.29. The monoisotopic (exact) mass is 221 g/mol. The van der Waals surface area contributed by atoms with Crippen LogP contribution in [0.4, 0.5) is 0 Å². The van der Waals surface area contributed by atoms with Gasteiger partial charge in [-0.25, -0.2) is 0 Å². The van der Waals surface area contributed by atoms with Crippen LogP contribution >= 0.6 is 0 Å². The summed E-state index contributed by atoms with van der Waals surface area (Å²) >= 11 is 0. The Kier molecular flexibility index (Phi) is 2.22. The number of nitrogens with zero attached hydrogens (tertiary/aromatic N) is 1. The standard InChI is InChI=1S/C14H9N2O/c17-7-3-4-10-8-12-11-5-1-2-6-13(11)16-14(12)9-15-10/h1-6,8-9,16H. The molecule has 0 fully saturated rings. The summed E-state index contributed by atoms with van der Waals surface area (Å²) < 4.78 is 0. The second-order valence-corrected chi connectivity index (χ2v) is 3.78. The Bertz CT molecular complexity index is 725. The number of para-hydroxylation sites is 1. The number of carbonyl (C=O) groups excluding carboxylic acids is 1. The van der Waals surface area contributed by atoms with Gasteiger partial charge in [-0.1, -0.05) is 18.2 Å². The second kappa shape index (κ2) is 3.87. The molecular formula is C14H9N2O. The van der Waals surface area contributed by atoms with E-state index in [2.05, 4.69) is 16.0 Å². The zero-order valence-electron chi connectivity index (χ0n) is 8.97. The molecule has 1 N–H and O–H groups in total. The van der Waals surface area contributed by atoms with Gasteiger partial charge in [-0.15, -0.1) is 0 Å². The van der Waals surface area contributed by atoms with Crippen molar-refractivity contribution in [3.8, 4) is 0 Å². The minimum atomic E-state index is 0.755. The fourth-order valence-electron chi connectivity index (χ4n) is 1.98. The highest BCUT2D eigenvalue weighted by Crippen LogP contribution is 2.25. The number of pyridine rings is 1. The van der Waals surface area contributed by atoms with Crippen molar-refractivity contribution in [3.63, 3.8) is 0 Å². The van der Waals surface area contributed by atoms with Gasteiger partial charge in [0.15, 0.2) is 0 Å². The SMILES string of the molecule is O=[C]C=Cc1cc2c(cn1)[nH]c1ccccc12. The quantitative estimate of drug-likeness (QED) is 0.676. The van der Waals surface area contributed by atoms with Gasteiger partial charge in [0.25, 0.3) is 0 Å². The minimum Gasteiger partial charge on any atom is -0.353 e. The predicted molar refractivity (Wildman–Crippen MR) is 68.3 cm³/mol. The molecule has 81 valence electrons. The van der Waals surface area contributed by atoms with E-state index < -0.39 is 0 Å². The lowest BCUT2D eigenvalue weighted by atomic mass is 10.1. The van der Waals surface area contributed by atoms with Crippen LogP contribution in [0.3, 0.4) is 0 Å². The van der Waals surface area contributed by atoms with E-state index in [9.17, 15) is 4.79 Å². The Morgan fingerprint density at radius 2 is 2.06 bits per heavy atom. The summed E-state index contributed by atoms with van der Waals surface area (Å²) in [6.45, 7) is 0. The number of aromatic amines is 1. The third-order valence-corrected chi connectivity index (χ3v) is 2.73. The Labute approximate surface area is 97.8 Å². The van der Waals surface area contributed by atoms with E-state index in [0.717, 1.165) is 27.5 Å². The van der Waals surface area contributed by atoms with E-state index in [-0.39, 0.29) is 0 Å². The van der Waals surface area contributed by atoms with Crippen LogP contribution in [0.1, 0.15) is 5.69 Å². The Morgan fingerprint density at radius 3 is 2.94 bits per heavy atom. The van der Waals surface area contributed by atoms with Crippen LogP contribution in [0, 0.1) is 0 Å². The van der Waals surface area contributed by atoms with Crippen molar-refractivity contribution in [2.75, 3.05) is 0 Å². The highest BCUT2D eigenvalue weighted by atomic mass is 16.1. The first kappa shape index (κ1) is 9.78. The number of H-pyrrole nitrogens is 1. The Morgan fingerprint density at radius 1 is 1.18 bits per heavy atom. The molecule has 0 aliphatic heterocycles. The lowest BCUT2D eigenvalue weighted by Gasteiger charge is -1.93. The van der Waals surface area contributed by atoms with Gasteiger partial charge in [0.1, 0.15) is 0 Å². The van der Waals surface area contributed by atoms with Gasteiger partial charge in [0, 0.05) is 16.3 Å². The van der Waals surface area contributed by atoms with Gasteiger partial charge in [0.05, 0.1) is 17.4 Å². The van der Waals surface area contributed by atoms with Crippen molar-refractivity contribution < 1.29 is 4.79 Å². The fourth-order valence-corrected chi connectivity index (χ4v) is 1.98. The van der Waals surface area contributed by atoms with Crippen molar-refractivity contribution in [1.82, 2.24) is 9.97 Å². The fraction of sp³-hybridized carbons (Fsp3) is 0. The third-order valence-electron chi connectivity index (χ3n) is 2.73. The average Bonchev–Trinajstić information content (AvgIpc) is 2.74. The second-order valence-electron chi connectivity index (χ2n) is 3.78. The normalized spacial score (nSPS) is 11.5. The minimum absolute atomic E-state index is 0.755. The number of nitrogens with one attached hydrogen (secondary N) is 1. The number of rotatable bonds is 2. The molecule has 17 heavy (non-hydrogen) atoms. The molecule has 3 rings (SSSR count). The lowest BCUT2D eigenvalue weighted by molar-refractivity contribution is 0.564. The van der Waals surface area contributed by atoms with Crippen molar-refractivity contribution in [2.24, 2.45) is 0 Å². The summed E-state index contributed by atoms with van der Waals surface area (Å²) in [4.78, 5) is 17.7. The molecule has 1 radical (unpaired) electrons. The molecule has 0 unspecified atom stereocenters. The van der Waals surface area contributed by atoms with E-state index in [1.54, 1.807) is 18.6 Å². The molecule has 0 amide bonds. The summed E-state index contributed by atoms with van der Waals surface area (Å²) in [6, 6.07) is 10.1. The molecule has 2 heterocycles. The zero-order chi connectivity index (χ0) is 11.7. The van der Waals surface area contributed by atoms with Crippen LogP contribution in [-0.4, -0.2) is 16.3 Å². The molecule has 0 aliphatic carbocycles. The summed E-state index contributed by atoms with van der Waals surface area (Å²) in [5.74, 6) is 0. The van der Waals surface area contributed by atoms with Crippen LogP contribution < -0.4 is 0 Å². The summed E-state index contributed by atoms with van der Waals surface area (Å²) in [6.07, 6.45) is 6.46. The molecule has 0 saturated heterocycles. The van der Waals surface area contributed by atoms with Crippen LogP contribution in [0.5, 0.6) is 0 Å². The first-order chi connectivity index (χ1) is 8.38. The summed E-state index contributed by atoms with van der Waals surface area (Å²) in [7, 11) is 0. The molecule has 2 aromatic heterocycles. The van der Waals surface area contributed by atoms with Crippen molar-refractivity contribution in [3.05, 3.63) is 48.3 Å². The van der Waals surface area contributed by atoms with Gasteiger partial charge in [-0.2, -0.15) is 0 Å². The van der Waals surface area contributed by atoms with Crippen LogP contribution in [0.25, 0.3) is 27.9 Å². The number of hydrogen-bond acceptors (Lipinski definition) is 2. The third kappa shape index (κ3) is 1.61. The van der Waals surface area contributed by atoms with Gasteiger partial charge in [0.2, 0.25) is 6.29 Å². The number of aromatic nitrogens is 2. The molecular weight excluding hydrogens is 212 g/mol. The Hall–Kier alpha value is -2.42. The van der Waals surface area contributed by atoms with E-state index in [4.69, 9.17) is 0 Å². The number of hydrogen-bond donors (Lipinski definition) is 1. The summed E-state index contributed by atoms with van der Waals surface area (Å²) in [5.41, 5.74) is 2.84. The smallest absolute Gasteiger partial charge is 0.225 e. The van der Waals surface area contributed by atoms with Crippen molar-refractivity contribution >= 4 is 34.2 Å². The first-order valence-corrected chi connectivity index (χ1v) is 5.29. The van der Waals surface area contributed by atoms with Gasteiger partial charge in [-0.05, 0) is 24.3 Å². The molecule has 0 spiro atoms. The predicted octanol–water partition coefficient (Wildman–Crippen LogP) is 2.84. The molecule has 3 nitrogen and oxygen atoms in total. The molecule has 3 heteroatoms. The molecule has 0 bridgehead atoms. The number of fused-ring (bicyclic) bond motifs is 3. The molecule has 0 saturated carbocycles. The van der Waals surface area contributed by atoms with Crippen molar-refractivity contribution in [2.45, 2.75) is 0 Å².